The molecule has 26 heavy (non-hydrogen) atoms. The van der Waals surface area contributed by atoms with Crippen molar-refractivity contribution in [2.75, 3.05) is 33.1 Å². The predicted molar refractivity (Wildman–Crippen MR) is 103 cm³/mol. The van der Waals surface area contributed by atoms with Crippen LogP contribution in [0, 0.1) is 0 Å². The molecule has 1 aromatic rings. The number of ether oxygens (including phenoxy) is 2. The van der Waals surface area contributed by atoms with Gasteiger partial charge in [0.25, 0.3) is 0 Å². The fraction of sp³-hybridized carbons (Fsp3) is 0.588. The van der Waals surface area contributed by atoms with Crippen molar-refractivity contribution in [3.63, 3.8) is 0 Å². The summed E-state index contributed by atoms with van der Waals surface area (Å²) >= 11 is 3.45. The number of carbonyl (C=O) groups excluding carboxylic acids is 1. The Labute approximate surface area is 163 Å². The van der Waals surface area contributed by atoms with E-state index >= 15 is 0 Å². The van der Waals surface area contributed by atoms with Crippen molar-refractivity contribution in [2.24, 2.45) is 0 Å². The zero-order valence-corrected chi connectivity index (χ0v) is 17.7. The lowest BCUT2D eigenvalue weighted by Crippen LogP contribution is -2.47. The van der Waals surface area contributed by atoms with Gasteiger partial charge in [-0.1, -0.05) is 15.9 Å². The molecule has 1 aliphatic rings. The molecular weight excluding hydrogens is 424 g/mol. The Balaban J connectivity index is 1.94. The van der Waals surface area contributed by atoms with Crippen molar-refractivity contribution < 1.29 is 22.7 Å². The van der Waals surface area contributed by atoms with Crippen LogP contribution in [0.1, 0.15) is 25.3 Å². The van der Waals surface area contributed by atoms with E-state index in [2.05, 4.69) is 21.2 Å². The molecule has 0 spiro atoms. The number of nitrogens with zero attached hydrogens (tertiary/aromatic N) is 1. The number of piperidine rings is 1. The lowest BCUT2D eigenvalue weighted by molar-refractivity contribution is -0.121. The first-order valence-corrected chi connectivity index (χ1v) is 10.9. The first-order chi connectivity index (χ1) is 12.3. The van der Waals surface area contributed by atoms with Crippen LogP contribution in [-0.4, -0.2) is 57.7 Å². The van der Waals surface area contributed by atoms with Crippen LogP contribution in [0.3, 0.4) is 0 Å². The van der Waals surface area contributed by atoms with Gasteiger partial charge in [-0.15, -0.1) is 0 Å². The van der Waals surface area contributed by atoms with Crippen LogP contribution in [0.25, 0.3) is 0 Å². The average molecular weight is 449 g/mol. The normalized spacial score (nSPS) is 16.3. The molecule has 0 aliphatic carbocycles. The van der Waals surface area contributed by atoms with E-state index in [1.54, 1.807) is 33.3 Å². The Morgan fingerprint density at radius 1 is 1.23 bits per heavy atom. The zero-order valence-electron chi connectivity index (χ0n) is 15.2. The summed E-state index contributed by atoms with van der Waals surface area (Å²) in [5.41, 5.74) is 0.797. The summed E-state index contributed by atoms with van der Waals surface area (Å²) in [5.74, 6) is 1.16. The number of rotatable bonds is 7. The second-order valence-corrected chi connectivity index (χ2v) is 9.23. The quantitative estimate of drug-likeness (QED) is 0.688. The highest BCUT2D eigenvalue weighted by Gasteiger charge is 2.27. The van der Waals surface area contributed by atoms with Crippen molar-refractivity contribution in [3.8, 4) is 11.5 Å². The van der Waals surface area contributed by atoms with E-state index in [-0.39, 0.29) is 24.1 Å². The third-order valence-corrected chi connectivity index (χ3v) is 7.10. The van der Waals surface area contributed by atoms with Crippen LogP contribution >= 0.6 is 15.9 Å². The summed E-state index contributed by atoms with van der Waals surface area (Å²) in [4.78, 5) is 12.4. The van der Waals surface area contributed by atoms with Gasteiger partial charge in [0.05, 0.1) is 26.4 Å². The smallest absolute Gasteiger partial charge is 0.224 e. The lowest BCUT2D eigenvalue weighted by atomic mass is 10.1. The van der Waals surface area contributed by atoms with Crippen LogP contribution in [0.5, 0.6) is 11.5 Å². The van der Waals surface area contributed by atoms with Crippen molar-refractivity contribution in [1.82, 2.24) is 9.62 Å². The molecule has 9 heteroatoms. The SMILES string of the molecule is CCS(=O)(=O)N1CCC(NC(=O)Cc2cc(OC)c(OC)cc2Br)CC1. The third kappa shape index (κ3) is 5.11. The summed E-state index contributed by atoms with van der Waals surface area (Å²) in [6.07, 6.45) is 1.45. The molecule has 1 N–H and O–H groups in total. The number of nitrogens with one attached hydrogen (secondary N) is 1. The van der Waals surface area contributed by atoms with Gasteiger partial charge in [-0.3, -0.25) is 4.79 Å². The maximum atomic E-state index is 12.4. The molecule has 1 aliphatic heterocycles. The minimum atomic E-state index is -3.15. The van der Waals surface area contributed by atoms with E-state index in [0.29, 0.717) is 37.4 Å². The number of benzene rings is 1. The predicted octanol–water partition coefficient (Wildman–Crippen LogP) is 1.94. The Bertz CT molecular complexity index is 746. The molecular formula is C17H25BrN2O5S. The van der Waals surface area contributed by atoms with Gasteiger partial charge in [0.2, 0.25) is 15.9 Å². The van der Waals surface area contributed by atoms with Gasteiger partial charge >= 0.3 is 0 Å². The van der Waals surface area contributed by atoms with Crippen molar-refractivity contribution in [3.05, 3.63) is 22.2 Å². The highest BCUT2D eigenvalue weighted by atomic mass is 79.9. The van der Waals surface area contributed by atoms with Crippen molar-refractivity contribution >= 4 is 31.9 Å². The summed E-state index contributed by atoms with van der Waals surface area (Å²) in [6, 6.07) is 3.54. The van der Waals surface area contributed by atoms with Crippen LogP contribution < -0.4 is 14.8 Å². The van der Waals surface area contributed by atoms with Gasteiger partial charge in [0.15, 0.2) is 11.5 Å². The Morgan fingerprint density at radius 2 is 1.81 bits per heavy atom. The zero-order chi connectivity index (χ0) is 19.3. The van der Waals surface area contributed by atoms with Crippen molar-refractivity contribution in [1.29, 1.82) is 0 Å². The molecule has 146 valence electrons. The number of halogens is 1. The third-order valence-electron chi connectivity index (χ3n) is 4.48. The summed E-state index contributed by atoms with van der Waals surface area (Å²) in [5, 5.41) is 3.00. The molecule has 0 bridgehead atoms. The maximum Gasteiger partial charge on any atom is 0.224 e. The van der Waals surface area contributed by atoms with E-state index in [9.17, 15) is 13.2 Å². The van der Waals surface area contributed by atoms with Gasteiger partial charge in [-0.05, 0) is 37.5 Å². The van der Waals surface area contributed by atoms with E-state index in [1.807, 2.05) is 0 Å². The second kappa shape index (κ2) is 9.05. The number of methoxy groups -OCH3 is 2. The van der Waals surface area contributed by atoms with Crippen LogP contribution in [0.4, 0.5) is 0 Å². The van der Waals surface area contributed by atoms with E-state index in [4.69, 9.17) is 9.47 Å². The highest BCUT2D eigenvalue weighted by molar-refractivity contribution is 9.10. The van der Waals surface area contributed by atoms with Gasteiger partial charge in [-0.2, -0.15) is 0 Å². The molecule has 1 aromatic carbocycles. The van der Waals surface area contributed by atoms with Crippen LogP contribution in [-0.2, 0) is 21.2 Å². The summed E-state index contributed by atoms with van der Waals surface area (Å²) in [7, 11) is -0.0463. The highest BCUT2D eigenvalue weighted by Crippen LogP contribution is 2.33. The molecule has 1 heterocycles. The summed E-state index contributed by atoms with van der Waals surface area (Å²) in [6.45, 7) is 2.53. The molecule has 1 amide bonds. The molecule has 0 atom stereocenters. The van der Waals surface area contributed by atoms with Crippen molar-refractivity contribution in [2.45, 2.75) is 32.2 Å². The molecule has 1 fully saturated rings. The largest absolute Gasteiger partial charge is 0.493 e. The van der Waals surface area contributed by atoms with Gasteiger partial charge < -0.3 is 14.8 Å². The summed E-state index contributed by atoms with van der Waals surface area (Å²) < 4.78 is 36.6. The fourth-order valence-corrected chi connectivity index (χ4v) is 4.54. The molecule has 0 saturated carbocycles. The molecule has 1 saturated heterocycles. The molecule has 2 rings (SSSR count). The van der Waals surface area contributed by atoms with E-state index < -0.39 is 10.0 Å². The van der Waals surface area contributed by atoms with Gasteiger partial charge in [-0.25, -0.2) is 12.7 Å². The second-order valence-electron chi connectivity index (χ2n) is 6.12. The Hall–Kier alpha value is -1.32. The maximum absolute atomic E-state index is 12.4. The minimum absolute atomic E-state index is 0.00951. The molecule has 0 aromatic heterocycles. The molecule has 7 nitrogen and oxygen atoms in total. The van der Waals surface area contributed by atoms with Gasteiger partial charge in [0.1, 0.15) is 0 Å². The standard InChI is InChI=1S/C17H25BrN2O5S/c1-4-26(22,23)20-7-5-13(6-8-20)19-17(21)10-12-9-15(24-2)16(25-3)11-14(12)18/h9,11,13H,4-8,10H2,1-3H3,(H,19,21). The average Bonchev–Trinajstić information content (AvgIpc) is 2.63. The van der Waals surface area contributed by atoms with E-state index in [1.165, 1.54) is 4.31 Å². The Morgan fingerprint density at radius 3 is 2.35 bits per heavy atom. The first kappa shape index (κ1) is 21.0. The molecule has 0 unspecified atom stereocenters. The Kier molecular flexibility index (Phi) is 7.31. The minimum Gasteiger partial charge on any atom is -0.493 e. The number of hydrogen-bond donors (Lipinski definition) is 1. The van der Waals surface area contributed by atoms with Crippen LogP contribution in [0.15, 0.2) is 16.6 Å². The molecule has 0 radical (unpaired) electrons. The number of hydrogen-bond acceptors (Lipinski definition) is 5. The topological polar surface area (TPSA) is 84.9 Å². The first-order valence-electron chi connectivity index (χ1n) is 8.48. The van der Waals surface area contributed by atoms with Gasteiger partial charge in [0, 0.05) is 23.6 Å². The van der Waals surface area contributed by atoms with Crippen LogP contribution in [0.2, 0.25) is 0 Å². The van der Waals surface area contributed by atoms with E-state index in [0.717, 1.165) is 10.0 Å². The number of carbonyl (C=O) groups is 1. The fourth-order valence-electron chi connectivity index (χ4n) is 2.94. The lowest BCUT2D eigenvalue weighted by Gasteiger charge is -2.31. The number of sulfonamides is 1. The monoisotopic (exact) mass is 448 g/mol. The number of amides is 1.